The number of carbonyl (C=O) groups is 1. The monoisotopic (exact) mass is 421 g/mol. The molecule has 6 heteroatoms. The number of carbonyl (C=O) groups excluding carboxylic acids is 1. The van der Waals surface area contributed by atoms with Crippen LogP contribution in [-0.4, -0.2) is 35.7 Å². The molecule has 2 aromatic carbocycles. The number of non-ortho nitro benzene ring substituents is 1. The van der Waals surface area contributed by atoms with E-state index in [9.17, 15) is 14.9 Å². The van der Waals surface area contributed by atoms with Crippen LogP contribution in [0.25, 0.3) is 0 Å². The molecule has 2 aliphatic rings. The summed E-state index contributed by atoms with van der Waals surface area (Å²) in [6.07, 6.45) is 5.92. The summed E-state index contributed by atoms with van der Waals surface area (Å²) in [5, 5.41) is 14.6. The SMILES string of the molecule is O=CCCC1CCN(Cc2cccc([N+](=O)[O-])c2)CC1c1ccc2c(c1)CNCCC2. The average Bonchev–Trinajstić information content (AvgIpc) is 3.03. The van der Waals surface area contributed by atoms with E-state index in [2.05, 4.69) is 28.4 Å². The highest BCUT2D eigenvalue weighted by Gasteiger charge is 2.30. The summed E-state index contributed by atoms with van der Waals surface area (Å²) in [7, 11) is 0. The zero-order valence-corrected chi connectivity index (χ0v) is 18.0. The summed E-state index contributed by atoms with van der Waals surface area (Å²) in [6.45, 7) is 4.57. The van der Waals surface area contributed by atoms with E-state index in [0.717, 1.165) is 57.3 Å². The van der Waals surface area contributed by atoms with Crippen molar-refractivity contribution in [1.29, 1.82) is 0 Å². The Kier molecular flexibility index (Phi) is 7.10. The molecule has 2 aliphatic heterocycles. The Labute approximate surface area is 183 Å². The van der Waals surface area contributed by atoms with Crippen molar-refractivity contribution in [2.45, 2.75) is 51.1 Å². The van der Waals surface area contributed by atoms with Crippen molar-refractivity contribution in [3.8, 4) is 0 Å². The highest BCUT2D eigenvalue weighted by molar-refractivity contribution is 5.49. The number of nitrogens with one attached hydrogen (secondary N) is 1. The molecule has 2 unspecified atom stereocenters. The Morgan fingerprint density at radius 2 is 2.10 bits per heavy atom. The summed E-state index contributed by atoms with van der Waals surface area (Å²) in [5.74, 6) is 0.865. The van der Waals surface area contributed by atoms with Gasteiger partial charge >= 0.3 is 0 Å². The van der Waals surface area contributed by atoms with Crippen LogP contribution in [0.2, 0.25) is 0 Å². The van der Waals surface area contributed by atoms with Gasteiger partial charge in [0, 0.05) is 38.2 Å². The van der Waals surface area contributed by atoms with E-state index in [0.29, 0.717) is 24.8 Å². The Bertz CT molecular complexity index is 930. The molecule has 0 amide bonds. The van der Waals surface area contributed by atoms with Crippen molar-refractivity contribution < 1.29 is 9.72 Å². The maximum absolute atomic E-state index is 11.1. The van der Waals surface area contributed by atoms with Gasteiger partial charge in [0.2, 0.25) is 0 Å². The van der Waals surface area contributed by atoms with Crippen molar-refractivity contribution >= 4 is 12.0 Å². The lowest BCUT2D eigenvalue weighted by atomic mass is 9.77. The van der Waals surface area contributed by atoms with E-state index in [1.54, 1.807) is 18.2 Å². The molecule has 0 spiro atoms. The van der Waals surface area contributed by atoms with E-state index in [1.165, 1.54) is 23.1 Å². The van der Waals surface area contributed by atoms with Crippen LogP contribution in [0, 0.1) is 16.0 Å². The number of nitrogens with zero attached hydrogens (tertiary/aromatic N) is 2. The van der Waals surface area contributed by atoms with Crippen LogP contribution in [-0.2, 0) is 24.3 Å². The second-order valence-electron chi connectivity index (χ2n) is 8.87. The highest BCUT2D eigenvalue weighted by atomic mass is 16.6. The lowest BCUT2D eigenvalue weighted by Crippen LogP contribution is -2.39. The standard InChI is InChI=1S/C25H31N3O3/c29-13-3-6-21-10-12-27(17-19-4-1-7-24(14-19)28(30)31)18-25(21)22-9-8-20-5-2-11-26-16-23(20)15-22/h1,4,7-9,13-15,21,25-26H,2-3,5-6,10-12,16-18H2. The molecule has 0 radical (unpaired) electrons. The number of hydrogen-bond acceptors (Lipinski definition) is 5. The number of rotatable bonds is 7. The first-order chi connectivity index (χ1) is 15.1. The molecule has 2 atom stereocenters. The first-order valence-electron chi connectivity index (χ1n) is 11.4. The largest absolute Gasteiger partial charge is 0.313 e. The summed E-state index contributed by atoms with van der Waals surface area (Å²) in [5.41, 5.74) is 5.34. The number of nitro groups is 1. The number of nitro benzene ring substituents is 1. The minimum Gasteiger partial charge on any atom is -0.313 e. The Balaban J connectivity index is 1.54. The van der Waals surface area contributed by atoms with Crippen LogP contribution in [0.15, 0.2) is 42.5 Å². The number of piperidine rings is 1. The number of aryl methyl sites for hydroxylation is 1. The first-order valence-corrected chi connectivity index (χ1v) is 11.4. The topological polar surface area (TPSA) is 75.5 Å². The van der Waals surface area contributed by atoms with Gasteiger partial charge in [-0.25, -0.2) is 0 Å². The van der Waals surface area contributed by atoms with E-state index >= 15 is 0 Å². The fourth-order valence-electron chi connectivity index (χ4n) is 5.16. The second-order valence-corrected chi connectivity index (χ2v) is 8.87. The quantitative estimate of drug-likeness (QED) is 0.412. The third-order valence-corrected chi connectivity index (χ3v) is 6.80. The number of fused-ring (bicyclic) bond motifs is 1. The minimum atomic E-state index is -0.332. The molecule has 1 N–H and O–H groups in total. The van der Waals surface area contributed by atoms with Gasteiger partial charge in [-0.3, -0.25) is 15.0 Å². The van der Waals surface area contributed by atoms with Crippen LogP contribution >= 0.6 is 0 Å². The van der Waals surface area contributed by atoms with Crippen LogP contribution in [0.3, 0.4) is 0 Å². The smallest absolute Gasteiger partial charge is 0.269 e. The number of benzene rings is 2. The van der Waals surface area contributed by atoms with Gasteiger partial charge in [-0.15, -0.1) is 0 Å². The van der Waals surface area contributed by atoms with Gasteiger partial charge in [0.15, 0.2) is 0 Å². The van der Waals surface area contributed by atoms with Gasteiger partial charge in [0.05, 0.1) is 4.92 Å². The van der Waals surface area contributed by atoms with Gasteiger partial charge in [-0.05, 0) is 72.9 Å². The molecule has 2 heterocycles. The van der Waals surface area contributed by atoms with E-state index in [4.69, 9.17) is 0 Å². The number of aldehydes is 1. The van der Waals surface area contributed by atoms with Crippen LogP contribution in [0.1, 0.15) is 53.9 Å². The fraction of sp³-hybridized carbons (Fsp3) is 0.480. The second kappa shape index (κ2) is 10.2. The average molecular weight is 422 g/mol. The summed E-state index contributed by atoms with van der Waals surface area (Å²) in [6, 6.07) is 13.9. The van der Waals surface area contributed by atoms with Crippen molar-refractivity contribution in [2.75, 3.05) is 19.6 Å². The van der Waals surface area contributed by atoms with Gasteiger partial charge < -0.3 is 10.1 Å². The van der Waals surface area contributed by atoms with Crippen molar-refractivity contribution in [3.05, 3.63) is 74.8 Å². The maximum Gasteiger partial charge on any atom is 0.269 e. The lowest BCUT2D eigenvalue weighted by Gasteiger charge is -2.39. The zero-order chi connectivity index (χ0) is 21.6. The summed E-state index contributed by atoms with van der Waals surface area (Å²) in [4.78, 5) is 24.2. The summed E-state index contributed by atoms with van der Waals surface area (Å²) < 4.78 is 0. The van der Waals surface area contributed by atoms with Gasteiger partial charge in [0.25, 0.3) is 5.69 Å². The molecular weight excluding hydrogens is 390 g/mol. The highest BCUT2D eigenvalue weighted by Crippen LogP contribution is 2.37. The van der Waals surface area contributed by atoms with E-state index in [-0.39, 0.29) is 10.6 Å². The molecule has 164 valence electrons. The predicted octanol–water partition coefficient (Wildman–Crippen LogP) is 4.22. The molecule has 0 aromatic heterocycles. The Morgan fingerprint density at radius 3 is 2.94 bits per heavy atom. The Hall–Kier alpha value is -2.57. The summed E-state index contributed by atoms with van der Waals surface area (Å²) >= 11 is 0. The van der Waals surface area contributed by atoms with Crippen LogP contribution in [0.5, 0.6) is 0 Å². The van der Waals surface area contributed by atoms with Gasteiger partial charge in [-0.2, -0.15) is 0 Å². The first kappa shape index (κ1) is 21.7. The molecule has 0 aliphatic carbocycles. The fourth-order valence-corrected chi connectivity index (χ4v) is 5.16. The van der Waals surface area contributed by atoms with E-state index in [1.807, 2.05) is 6.07 Å². The normalized spacial score (nSPS) is 21.8. The van der Waals surface area contributed by atoms with Crippen LogP contribution in [0.4, 0.5) is 5.69 Å². The van der Waals surface area contributed by atoms with Gasteiger partial charge in [-0.1, -0.05) is 30.3 Å². The van der Waals surface area contributed by atoms with Crippen LogP contribution < -0.4 is 5.32 Å². The predicted molar refractivity (Wildman–Crippen MR) is 121 cm³/mol. The number of hydrogen-bond donors (Lipinski definition) is 1. The number of likely N-dealkylation sites (tertiary alicyclic amines) is 1. The molecule has 0 saturated carbocycles. The zero-order valence-electron chi connectivity index (χ0n) is 18.0. The molecule has 2 aromatic rings. The Morgan fingerprint density at radius 1 is 1.19 bits per heavy atom. The molecule has 6 nitrogen and oxygen atoms in total. The van der Waals surface area contributed by atoms with Gasteiger partial charge in [0.1, 0.15) is 6.29 Å². The maximum atomic E-state index is 11.1. The molecular formula is C25H31N3O3. The van der Waals surface area contributed by atoms with Crippen molar-refractivity contribution in [1.82, 2.24) is 10.2 Å². The molecule has 1 fully saturated rings. The van der Waals surface area contributed by atoms with Crippen molar-refractivity contribution in [2.24, 2.45) is 5.92 Å². The molecule has 4 rings (SSSR count). The van der Waals surface area contributed by atoms with Crippen molar-refractivity contribution in [3.63, 3.8) is 0 Å². The third kappa shape index (κ3) is 5.38. The molecule has 31 heavy (non-hydrogen) atoms. The van der Waals surface area contributed by atoms with E-state index < -0.39 is 0 Å². The minimum absolute atomic E-state index is 0.146. The molecule has 0 bridgehead atoms. The lowest BCUT2D eigenvalue weighted by molar-refractivity contribution is -0.384. The third-order valence-electron chi connectivity index (χ3n) is 6.80. The molecule has 1 saturated heterocycles.